The summed E-state index contributed by atoms with van der Waals surface area (Å²) < 4.78 is 11.3. The highest BCUT2D eigenvalue weighted by Crippen LogP contribution is 2.31. The molecule has 1 unspecified atom stereocenters. The van der Waals surface area contributed by atoms with E-state index in [0.29, 0.717) is 29.3 Å². The first kappa shape index (κ1) is 21.7. The monoisotopic (exact) mass is 439 g/mol. The van der Waals surface area contributed by atoms with Gasteiger partial charge in [-0.3, -0.25) is 4.79 Å². The largest absolute Gasteiger partial charge is 0.353 e. The van der Waals surface area contributed by atoms with Gasteiger partial charge in [0.25, 0.3) is 5.91 Å². The molecule has 1 aromatic heterocycles. The van der Waals surface area contributed by atoms with Crippen molar-refractivity contribution in [3.05, 3.63) is 59.4 Å². The predicted molar refractivity (Wildman–Crippen MR) is 121 cm³/mol. The van der Waals surface area contributed by atoms with Crippen LogP contribution < -0.4 is 5.32 Å². The van der Waals surface area contributed by atoms with Crippen LogP contribution in [0.2, 0.25) is 5.02 Å². The number of carbonyl (C=O) groups is 1. The van der Waals surface area contributed by atoms with Crippen molar-refractivity contribution < 1.29 is 14.3 Å². The van der Waals surface area contributed by atoms with Crippen LogP contribution >= 0.6 is 11.6 Å². The van der Waals surface area contributed by atoms with Crippen LogP contribution in [0.5, 0.6) is 0 Å². The molecule has 7 heteroatoms. The average molecular weight is 440 g/mol. The molecule has 31 heavy (non-hydrogen) atoms. The van der Waals surface area contributed by atoms with Gasteiger partial charge in [-0.15, -0.1) is 0 Å². The van der Waals surface area contributed by atoms with Gasteiger partial charge in [-0.25, -0.2) is 9.97 Å². The Bertz CT molecular complexity index is 1050. The van der Waals surface area contributed by atoms with Crippen LogP contribution in [0.4, 0.5) is 0 Å². The molecule has 1 N–H and O–H groups in total. The van der Waals surface area contributed by atoms with Crippen molar-refractivity contribution in [2.45, 2.75) is 44.9 Å². The lowest BCUT2D eigenvalue weighted by Gasteiger charge is -2.23. The minimum Gasteiger partial charge on any atom is -0.353 e. The SMILES string of the molecule is C[C@H](CCOC1CCCCO1)NC(=O)c1nc(-c2ccccc2Cl)c2ccccc2n1. The average Bonchev–Trinajstić information content (AvgIpc) is 2.79. The second kappa shape index (κ2) is 10.2. The van der Waals surface area contributed by atoms with Crippen molar-refractivity contribution >= 4 is 28.4 Å². The molecule has 0 saturated carbocycles. The van der Waals surface area contributed by atoms with Crippen LogP contribution in [-0.2, 0) is 9.47 Å². The van der Waals surface area contributed by atoms with Gasteiger partial charge in [0, 0.05) is 28.6 Å². The van der Waals surface area contributed by atoms with Crippen molar-refractivity contribution in [3.63, 3.8) is 0 Å². The summed E-state index contributed by atoms with van der Waals surface area (Å²) in [7, 11) is 0. The lowest BCUT2D eigenvalue weighted by molar-refractivity contribution is -0.163. The van der Waals surface area contributed by atoms with Crippen LogP contribution in [0.25, 0.3) is 22.2 Å². The third-order valence-corrected chi connectivity index (χ3v) is 5.63. The number of hydrogen-bond donors (Lipinski definition) is 1. The lowest BCUT2D eigenvalue weighted by Crippen LogP contribution is -2.35. The number of ether oxygens (including phenoxy) is 2. The Hall–Kier alpha value is -2.54. The van der Waals surface area contributed by atoms with Gasteiger partial charge in [-0.2, -0.15) is 0 Å². The number of nitrogens with zero attached hydrogens (tertiary/aromatic N) is 2. The minimum absolute atomic E-state index is 0.0880. The summed E-state index contributed by atoms with van der Waals surface area (Å²) in [6, 6.07) is 15.0. The summed E-state index contributed by atoms with van der Waals surface area (Å²) >= 11 is 6.41. The number of fused-ring (bicyclic) bond motifs is 1. The maximum Gasteiger partial charge on any atom is 0.289 e. The Morgan fingerprint density at radius 2 is 2.00 bits per heavy atom. The van der Waals surface area contributed by atoms with E-state index in [1.807, 2.05) is 55.5 Å². The molecule has 2 aromatic carbocycles. The van der Waals surface area contributed by atoms with Crippen molar-refractivity contribution in [2.75, 3.05) is 13.2 Å². The van der Waals surface area contributed by atoms with E-state index in [1.54, 1.807) is 0 Å². The van der Waals surface area contributed by atoms with Gasteiger partial charge in [0.2, 0.25) is 5.82 Å². The number of nitrogens with one attached hydrogen (secondary N) is 1. The van der Waals surface area contributed by atoms with E-state index in [9.17, 15) is 4.79 Å². The third kappa shape index (κ3) is 5.39. The van der Waals surface area contributed by atoms with Crippen LogP contribution in [0.3, 0.4) is 0 Å². The van der Waals surface area contributed by atoms with Gasteiger partial charge in [0.15, 0.2) is 6.29 Å². The molecule has 1 saturated heterocycles. The Morgan fingerprint density at radius 1 is 1.19 bits per heavy atom. The van der Waals surface area contributed by atoms with E-state index in [1.165, 1.54) is 0 Å². The summed E-state index contributed by atoms with van der Waals surface area (Å²) in [6.45, 7) is 3.22. The van der Waals surface area contributed by atoms with Crippen molar-refractivity contribution in [1.29, 1.82) is 0 Å². The fraction of sp³-hybridized carbons (Fsp3) is 0.375. The van der Waals surface area contributed by atoms with Gasteiger partial charge >= 0.3 is 0 Å². The van der Waals surface area contributed by atoms with Crippen LogP contribution in [0, 0.1) is 0 Å². The normalized spacial score (nSPS) is 17.4. The minimum atomic E-state index is -0.319. The molecule has 3 aromatic rings. The van der Waals surface area contributed by atoms with Gasteiger partial charge in [-0.05, 0) is 44.7 Å². The molecule has 2 heterocycles. The van der Waals surface area contributed by atoms with Crippen molar-refractivity contribution in [1.82, 2.24) is 15.3 Å². The van der Waals surface area contributed by atoms with Crippen LogP contribution in [-0.4, -0.2) is 41.4 Å². The molecule has 1 aliphatic heterocycles. The topological polar surface area (TPSA) is 73.3 Å². The van der Waals surface area contributed by atoms with Crippen molar-refractivity contribution in [2.24, 2.45) is 0 Å². The summed E-state index contributed by atoms with van der Waals surface area (Å²) in [5.41, 5.74) is 2.11. The molecular formula is C24H26ClN3O3. The molecule has 0 aliphatic carbocycles. The highest BCUT2D eigenvalue weighted by Gasteiger charge is 2.19. The fourth-order valence-corrected chi connectivity index (χ4v) is 3.84. The predicted octanol–water partition coefficient (Wildman–Crippen LogP) is 5.00. The highest BCUT2D eigenvalue weighted by atomic mass is 35.5. The number of para-hydroxylation sites is 1. The summed E-state index contributed by atoms with van der Waals surface area (Å²) in [5.74, 6) is -0.197. The molecule has 4 rings (SSSR count). The molecule has 1 fully saturated rings. The second-order valence-corrected chi connectivity index (χ2v) is 8.13. The van der Waals surface area contributed by atoms with Gasteiger partial charge in [-0.1, -0.05) is 48.0 Å². The maximum absolute atomic E-state index is 12.9. The van der Waals surface area contributed by atoms with E-state index in [-0.39, 0.29) is 24.1 Å². The zero-order valence-electron chi connectivity index (χ0n) is 17.5. The summed E-state index contributed by atoms with van der Waals surface area (Å²) in [5, 5.41) is 4.40. The molecule has 2 atom stereocenters. The Kier molecular flexibility index (Phi) is 7.12. The number of amides is 1. The smallest absolute Gasteiger partial charge is 0.289 e. The first-order chi connectivity index (χ1) is 15.1. The zero-order chi connectivity index (χ0) is 21.6. The third-order valence-electron chi connectivity index (χ3n) is 5.31. The summed E-state index contributed by atoms with van der Waals surface area (Å²) in [4.78, 5) is 22.0. The first-order valence-electron chi connectivity index (χ1n) is 10.7. The van der Waals surface area contributed by atoms with E-state index in [2.05, 4.69) is 15.3 Å². The lowest BCUT2D eigenvalue weighted by atomic mass is 10.1. The Labute approximate surface area is 186 Å². The van der Waals surface area contributed by atoms with Crippen LogP contribution in [0.15, 0.2) is 48.5 Å². The van der Waals surface area contributed by atoms with E-state index in [4.69, 9.17) is 21.1 Å². The van der Waals surface area contributed by atoms with Gasteiger partial charge in [0.1, 0.15) is 0 Å². The maximum atomic E-state index is 12.9. The molecule has 0 radical (unpaired) electrons. The standard InChI is InChI=1S/C24H26ClN3O3/c1-16(13-15-31-21-12-6-7-14-30-21)26-24(29)23-27-20-11-5-3-9-18(20)22(28-23)17-8-2-4-10-19(17)25/h2-5,8-11,16,21H,6-7,12-15H2,1H3,(H,26,29)/t16-,21?/m1/s1. The zero-order valence-corrected chi connectivity index (χ0v) is 18.3. The molecular weight excluding hydrogens is 414 g/mol. The number of benzene rings is 2. The number of rotatable bonds is 7. The number of halogens is 1. The van der Waals surface area contributed by atoms with Crippen LogP contribution in [0.1, 0.15) is 43.2 Å². The molecule has 0 bridgehead atoms. The molecule has 1 aliphatic rings. The van der Waals surface area contributed by atoms with Gasteiger partial charge in [0.05, 0.1) is 17.8 Å². The molecule has 162 valence electrons. The fourth-order valence-electron chi connectivity index (χ4n) is 3.62. The Morgan fingerprint density at radius 3 is 2.81 bits per heavy atom. The van der Waals surface area contributed by atoms with E-state index in [0.717, 1.165) is 36.8 Å². The number of carbonyl (C=O) groups excluding carboxylic acids is 1. The van der Waals surface area contributed by atoms with Gasteiger partial charge < -0.3 is 14.8 Å². The highest BCUT2D eigenvalue weighted by molar-refractivity contribution is 6.33. The summed E-state index contributed by atoms with van der Waals surface area (Å²) in [6.07, 6.45) is 3.70. The number of aromatic nitrogens is 2. The first-order valence-corrected chi connectivity index (χ1v) is 11.1. The van der Waals surface area contributed by atoms with Crippen molar-refractivity contribution in [3.8, 4) is 11.3 Å². The number of hydrogen-bond acceptors (Lipinski definition) is 5. The molecule has 0 spiro atoms. The Balaban J connectivity index is 1.48. The quantitative estimate of drug-likeness (QED) is 0.560. The molecule has 1 amide bonds. The molecule has 6 nitrogen and oxygen atoms in total. The van der Waals surface area contributed by atoms with E-state index >= 15 is 0 Å². The second-order valence-electron chi connectivity index (χ2n) is 7.72. The van der Waals surface area contributed by atoms with E-state index < -0.39 is 0 Å².